The average Bonchev–Trinajstić information content (AvgIpc) is 3.71. The van der Waals surface area contributed by atoms with Crippen LogP contribution in [-0.4, -0.2) is 39.7 Å². The second-order valence-electron chi connectivity index (χ2n) is 9.32. The van der Waals surface area contributed by atoms with E-state index in [4.69, 9.17) is 14.2 Å². The summed E-state index contributed by atoms with van der Waals surface area (Å²) in [6, 6.07) is 9.71. The summed E-state index contributed by atoms with van der Waals surface area (Å²) in [6.07, 6.45) is 3.42. The Bertz CT molecular complexity index is 1220. The Morgan fingerprint density at radius 1 is 1.11 bits per heavy atom. The molecule has 36 heavy (non-hydrogen) atoms. The number of ether oxygens (including phenoxy) is 3. The Balaban J connectivity index is 1.55. The van der Waals surface area contributed by atoms with Crippen molar-refractivity contribution in [3.8, 4) is 28.6 Å². The van der Waals surface area contributed by atoms with E-state index in [-0.39, 0.29) is 24.9 Å². The van der Waals surface area contributed by atoms with Crippen LogP contribution in [0.5, 0.6) is 17.5 Å². The van der Waals surface area contributed by atoms with Crippen LogP contribution in [0.3, 0.4) is 0 Å². The first-order valence-corrected chi connectivity index (χ1v) is 12.0. The third-order valence-corrected chi connectivity index (χ3v) is 5.93. The zero-order valence-corrected chi connectivity index (χ0v) is 20.6. The Morgan fingerprint density at radius 3 is 2.61 bits per heavy atom. The van der Waals surface area contributed by atoms with Crippen molar-refractivity contribution in [1.82, 2.24) is 15.0 Å². The zero-order valence-electron chi connectivity index (χ0n) is 20.6. The van der Waals surface area contributed by atoms with E-state index in [9.17, 15) is 14.3 Å². The predicted octanol–water partition coefficient (Wildman–Crippen LogP) is 5.27. The van der Waals surface area contributed by atoms with E-state index in [1.807, 2.05) is 13.8 Å². The standard InChI is InChI=1S/C27H30FN3O5/c1-16(2)13-36-27-20(22-10-19(34-3)7-9-23(22)28)8-6-18(31-27)14-35-25-12-24(29-15-30-25)21(11-26(32)33)17-4-5-17/h6-10,12,15-17,21H,4-5,11,13-14H2,1-3H3,(H,32,33). The first kappa shape index (κ1) is 25.3. The minimum atomic E-state index is -0.848. The van der Waals surface area contributed by atoms with E-state index < -0.39 is 11.8 Å². The molecule has 9 heteroatoms. The van der Waals surface area contributed by atoms with Gasteiger partial charge in [0, 0.05) is 23.1 Å². The lowest BCUT2D eigenvalue weighted by Crippen LogP contribution is -2.11. The fraction of sp³-hybridized carbons (Fsp3) is 0.407. The molecule has 0 aliphatic heterocycles. The summed E-state index contributed by atoms with van der Waals surface area (Å²) < 4.78 is 31.7. The number of benzene rings is 1. The molecule has 0 spiro atoms. The molecule has 190 valence electrons. The van der Waals surface area contributed by atoms with Crippen molar-refractivity contribution in [3.05, 3.63) is 59.9 Å². The van der Waals surface area contributed by atoms with Crippen molar-refractivity contribution >= 4 is 5.97 Å². The summed E-state index contributed by atoms with van der Waals surface area (Å²) >= 11 is 0. The lowest BCUT2D eigenvalue weighted by atomic mass is 9.95. The number of hydrogen-bond acceptors (Lipinski definition) is 7. The first-order chi connectivity index (χ1) is 17.3. The first-order valence-electron chi connectivity index (χ1n) is 12.0. The number of nitrogens with zero attached hydrogens (tertiary/aromatic N) is 3. The quantitative estimate of drug-likeness (QED) is 0.363. The van der Waals surface area contributed by atoms with Crippen LogP contribution < -0.4 is 14.2 Å². The smallest absolute Gasteiger partial charge is 0.304 e. The molecule has 1 aliphatic carbocycles. The van der Waals surface area contributed by atoms with Gasteiger partial charge in [0.05, 0.1) is 31.5 Å². The van der Waals surface area contributed by atoms with Crippen molar-refractivity contribution in [3.63, 3.8) is 0 Å². The second kappa shape index (κ2) is 11.3. The molecule has 1 saturated carbocycles. The summed E-state index contributed by atoms with van der Waals surface area (Å²) in [7, 11) is 1.53. The molecule has 0 bridgehead atoms. The molecule has 1 fully saturated rings. The van der Waals surface area contributed by atoms with Gasteiger partial charge in [-0.3, -0.25) is 4.79 Å². The largest absolute Gasteiger partial charge is 0.497 e. The summed E-state index contributed by atoms with van der Waals surface area (Å²) in [5.74, 6) is 0.338. The van der Waals surface area contributed by atoms with E-state index in [1.165, 1.54) is 19.5 Å². The second-order valence-corrected chi connectivity index (χ2v) is 9.32. The SMILES string of the molecule is COc1ccc(F)c(-c2ccc(COc3cc(C(CC(=O)O)C4CC4)ncn3)nc2OCC(C)C)c1. The number of carbonyl (C=O) groups is 1. The van der Waals surface area contributed by atoms with Crippen LogP contribution in [0.1, 0.15) is 50.4 Å². The van der Waals surface area contributed by atoms with Gasteiger partial charge >= 0.3 is 5.97 Å². The fourth-order valence-corrected chi connectivity index (χ4v) is 3.94. The molecule has 2 aromatic heterocycles. The third-order valence-electron chi connectivity index (χ3n) is 5.93. The van der Waals surface area contributed by atoms with Gasteiger partial charge in [-0.15, -0.1) is 0 Å². The molecule has 2 heterocycles. The predicted molar refractivity (Wildman–Crippen MR) is 131 cm³/mol. The molecule has 1 aromatic carbocycles. The zero-order chi connectivity index (χ0) is 25.7. The van der Waals surface area contributed by atoms with Crippen LogP contribution in [0.15, 0.2) is 42.7 Å². The van der Waals surface area contributed by atoms with Crippen LogP contribution in [0.4, 0.5) is 4.39 Å². The maximum atomic E-state index is 14.7. The lowest BCUT2D eigenvalue weighted by Gasteiger charge is -2.16. The molecule has 0 radical (unpaired) electrons. The molecule has 1 N–H and O–H groups in total. The molecule has 8 nitrogen and oxygen atoms in total. The van der Waals surface area contributed by atoms with Gasteiger partial charge in [-0.25, -0.2) is 19.3 Å². The molecule has 1 aliphatic rings. The molecular weight excluding hydrogens is 465 g/mol. The number of methoxy groups -OCH3 is 1. The molecule has 3 aromatic rings. The van der Waals surface area contributed by atoms with Gasteiger partial charge in [-0.1, -0.05) is 13.8 Å². The van der Waals surface area contributed by atoms with Gasteiger partial charge in [0.2, 0.25) is 11.8 Å². The normalized spacial score (nSPS) is 13.9. The minimum absolute atomic E-state index is 0.0293. The van der Waals surface area contributed by atoms with Gasteiger partial charge in [0.25, 0.3) is 0 Å². The highest BCUT2D eigenvalue weighted by Gasteiger charge is 2.35. The van der Waals surface area contributed by atoms with Gasteiger partial charge in [-0.05, 0) is 55.0 Å². The van der Waals surface area contributed by atoms with Gasteiger partial charge in [-0.2, -0.15) is 0 Å². The molecule has 1 atom stereocenters. The fourth-order valence-electron chi connectivity index (χ4n) is 3.94. The van der Waals surface area contributed by atoms with Crippen LogP contribution in [0, 0.1) is 17.7 Å². The summed E-state index contributed by atoms with van der Waals surface area (Å²) in [4.78, 5) is 24.4. The highest BCUT2D eigenvalue weighted by atomic mass is 19.1. The van der Waals surface area contributed by atoms with E-state index >= 15 is 0 Å². The number of pyridine rings is 1. The maximum Gasteiger partial charge on any atom is 0.304 e. The van der Waals surface area contributed by atoms with Crippen LogP contribution >= 0.6 is 0 Å². The highest BCUT2D eigenvalue weighted by molar-refractivity contribution is 5.70. The molecule has 0 saturated heterocycles. The lowest BCUT2D eigenvalue weighted by molar-refractivity contribution is -0.137. The number of aromatic nitrogens is 3. The van der Waals surface area contributed by atoms with E-state index in [1.54, 1.807) is 30.3 Å². The molecule has 4 rings (SSSR count). The van der Waals surface area contributed by atoms with Crippen molar-refractivity contribution < 1.29 is 28.5 Å². The Morgan fingerprint density at radius 2 is 1.92 bits per heavy atom. The Labute approximate surface area is 209 Å². The average molecular weight is 496 g/mol. The number of rotatable bonds is 12. The van der Waals surface area contributed by atoms with Gasteiger partial charge in [0.15, 0.2) is 0 Å². The van der Waals surface area contributed by atoms with Crippen LogP contribution in [-0.2, 0) is 11.4 Å². The van der Waals surface area contributed by atoms with Crippen molar-refractivity contribution in [2.75, 3.05) is 13.7 Å². The van der Waals surface area contributed by atoms with Crippen LogP contribution in [0.2, 0.25) is 0 Å². The van der Waals surface area contributed by atoms with Crippen molar-refractivity contribution in [2.45, 2.75) is 45.6 Å². The Kier molecular flexibility index (Phi) is 7.97. The highest BCUT2D eigenvalue weighted by Crippen LogP contribution is 2.44. The summed E-state index contributed by atoms with van der Waals surface area (Å²) in [6.45, 7) is 4.55. The maximum absolute atomic E-state index is 14.7. The van der Waals surface area contributed by atoms with Gasteiger partial charge in [0.1, 0.15) is 24.5 Å². The number of carboxylic acid groups (broad SMARTS) is 1. The van der Waals surface area contributed by atoms with Crippen molar-refractivity contribution in [2.24, 2.45) is 11.8 Å². The molecular formula is C27H30FN3O5. The summed E-state index contributed by atoms with van der Waals surface area (Å²) in [5, 5.41) is 9.27. The van der Waals surface area contributed by atoms with E-state index in [2.05, 4.69) is 15.0 Å². The van der Waals surface area contributed by atoms with Crippen molar-refractivity contribution in [1.29, 1.82) is 0 Å². The van der Waals surface area contributed by atoms with Crippen LogP contribution in [0.25, 0.3) is 11.1 Å². The molecule has 0 amide bonds. The monoisotopic (exact) mass is 495 g/mol. The number of hydrogen-bond donors (Lipinski definition) is 1. The topological polar surface area (TPSA) is 104 Å². The number of carboxylic acids is 1. The molecule has 1 unspecified atom stereocenters. The van der Waals surface area contributed by atoms with Gasteiger partial charge < -0.3 is 19.3 Å². The third kappa shape index (κ3) is 6.47. The summed E-state index contributed by atoms with van der Waals surface area (Å²) in [5.41, 5.74) is 2.09. The number of aliphatic carboxylic acids is 1. The number of halogens is 1. The van der Waals surface area contributed by atoms with E-state index in [0.29, 0.717) is 52.5 Å². The van der Waals surface area contributed by atoms with E-state index in [0.717, 1.165) is 12.8 Å². The Hall–Kier alpha value is -3.75. The minimum Gasteiger partial charge on any atom is -0.497 e.